The molecule has 6 heteroatoms. The Morgan fingerprint density at radius 3 is 2.15 bits per heavy atom. The van der Waals surface area contributed by atoms with E-state index in [1.54, 1.807) is 0 Å². The Kier molecular flexibility index (Phi) is 3.62. The van der Waals surface area contributed by atoms with E-state index < -0.39 is 0 Å². The largest absolute Gasteiger partial charge is 0.356 e. The highest BCUT2D eigenvalue weighted by Gasteiger charge is 2.42. The second-order valence-corrected chi connectivity index (χ2v) is 8.15. The average Bonchev–Trinajstić information content (AvgIpc) is 3.26. The van der Waals surface area contributed by atoms with E-state index in [1.807, 2.05) is 13.0 Å². The van der Waals surface area contributed by atoms with Crippen LogP contribution >= 0.6 is 0 Å². The van der Waals surface area contributed by atoms with Crippen molar-refractivity contribution in [3.63, 3.8) is 0 Å². The first-order chi connectivity index (χ1) is 12.6. The summed E-state index contributed by atoms with van der Waals surface area (Å²) in [5, 5.41) is 0. The number of rotatable bonds is 2. The first-order valence-electron chi connectivity index (χ1n) is 9.75. The lowest BCUT2D eigenvalue weighted by Gasteiger charge is -2.24. The van der Waals surface area contributed by atoms with E-state index in [0.717, 1.165) is 62.2 Å². The molecule has 0 radical (unpaired) electrons. The van der Waals surface area contributed by atoms with Gasteiger partial charge >= 0.3 is 0 Å². The summed E-state index contributed by atoms with van der Waals surface area (Å²) in [7, 11) is 0. The molecule has 0 aromatic carbocycles. The highest BCUT2D eigenvalue weighted by Crippen LogP contribution is 2.37. The third-order valence-electron chi connectivity index (χ3n) is 6.06. The van der Waals surface area contributed by atoms with Crippen LogP contribution in [0.2, 0.25) is 0 Å². The quantitative estimate of drug-likeness (QED) is 0.828. The number of hydrogen-bond donors (Lipinski definition) is 0. The van der Waals surface area contributed by atoms with E-state index in [1.165, 1.54) is 23.5 Å². The molecule has 2 unspecified atom stereocenters. The smallest absolute Gasteiger partial charge is 0.225 e. The molecule has 2 saturated heterocycles. The number of fused-ring (bicyclic) bond motifs is 2. The van der Waals surface area contributed by atoms with Crippen LogP contribution in [0, 0.1) is 32.6 Å². The van der Waals surface area contributed by atoms with E-state index in [4.69, 9.17) is 4.98 Å². The van der Waals surface area contributed by atoms with Gasteiger partial charge in [0, 0.05) is 60.7 Å². The molecule has 0 spiro atoms. The molecule has 2 fully saturated rings. The van der Waals surface area contributed by atoms with E-state index >= 15 is 0 Å². The van der Waals surface area contributed by atoms with Crippen LogP contribution in [0.5, 0.6) is 0 Å². The third-order valence-corrected chi connectivity index (χ3v) is 6.06. The highest BCUT2D eigenvalue weighted by molar-refractivity contribution is 5.53. The SMILES string of the molecule is Cc1cc(C)nc(N2CC3CN(c4nc(C)nc5c4CCC5)CC3C2)n1. The van der Waals surface area contributed by atoms with Gasteiger partial charge in [-0.05, 0) is 46.1 Å². The molecule has 2 atom stereocenters. The van der Waals surface area contributed by atoms with Gasteiger partial charge in [-0.2, -0.15) is 0 Å². The maximum absolute atomic E-state index is 4.83. The summed E-state index contributed by atoms with van der Waals surface area (Å²) in [6.07, 6.45) is 3.47. The van der Waals surface area contributed by atoms with Crippen molar-refractivity contribution in [2.45, 2.75) is 40.0 Å². The zero-order valence-corrected chi connectivity index (χ0v) is 15.9. The molecule has 26 heavy (non-hydrogen) atoms. The molecule has 0 bridgehead atoms. The molecule has 1 aliphatic carbocycles. The Labute approximate surface area is 154 Å². The molecule has 0 N–H and O–H groups in total. The van der Waals surface area contributed by atoms with Crippen molar-refractivity contribution in [1.82, 2.24) is 19.9 Å². The fourth-order valence-electron chi connectivity index (χ4n) is 4.97. The third kappa shape index (κ3) is 2.63. The molecule has 2 aromatic heterocycles. The Morgan fingerprint density at radius 2 is 1.46 bits per heavy atom. The fourth-order valence-corrected chi connectivity index (χ4v) is 4.97. The van der Waals surface area contributed by atoms with Crippen LogP contribution in [-0.2, 0) is 12.8 Å². The van der Waals surface area contributed by atoms with Crippen molar-refractivity contribution in [3.8, 4) is 0 Å². The Bertz CT molecular complexity index is 829. The lowest BCUT2D eigenvalue weighted by Crippen LogP contribution is -2.31. The topological polar surface area (TPSA) is 58.0 Å². The predicted molar refractivity (Wildman–Crippen MR) is 102 cm³/mol. The van der Waals surface area contributed by atoms with Gasteiger partial charge in [0.15, 0.2) is 0 Å². The van der Waals surface area contributed by atoms with E-state index in [9.17, 15) is 0 Å². The first kappa shape index (κ1) is 16.0. The van der Waals surface area contributed by atoms with Gasteiger partial charge in [0.1, 0.15) is 11.6 Å². The summed E-state index contributed by atoms with van der Waals surface area (Å²) in [5.41, 5.74) is 4.80. The highest BCUT2D eigenvalue weighted by atomic mass is 15.3. The second kappa shape index (κ2) is 5.89. The molecule has 2 aromatic rings. The molecule has 0 saturated carbocycles. The maximum atomic E-state index is 4.83. The zero-order valence-electron chi connectivity index (χ0n) is 15.9. The van der Waals surface area contributed by atoms with Crippen molar-refractivity contribution in [2.24, 2.45) is 11.8 Å². The van der Waals surface area contributed by atoms with Gasteiger partial charge in [-0.1, -0.05) is 0 Å². The fraction of sp³-hybridized carbons (Fsp3) is 0.600. The molecule has 6 nitrogen and oxygen atoms in total. The predicted octanol–water partition coefficient (Wildman–Crippen LogP) is 2.25. The average molecular weight is 350 g/mol. The summed E-state index contributed by atoms with van der Waals surface area (Å²) in [4.78, 5) is 23.7. The van der Waals surface area contributed by atoms with Gasteiger partial charge in [0.05, 0.1) is 0 Å². The Hall–Kier alpha value is -2.24. The first-order valence-corrected chi connectivity index (χ1v) is 9.75. The zero-order chi connectivity index (χ0) is 17.8. The summed E-state index contributed by atoms with van der Waals surface area (Å²) in [6, 6.07) is 2.04. The molecular formula is C20H26N6. The van der Waals surface area contributed by atoms with Crippen molar-refractivity contribution in [2.75, 3.05) is 36.0 Å². The van der Waals surface area contributed by atoms with Crippen molar-refractivity contribution >= 4 is 11.8 Å². The van der Waals surface area contributed by atoms with Crippen LogP contribution in [0.25, 0.3) is 0 Å². The standard InChI is InChI=1S/C20H26N6/c1-12-7-13(2)22-20(21-12)26-10-15-8-25(9-16(15)11-26)19-17-5-4-6-18(17)23-14(3)24-19/h7,15-16H,4-6,8-11H2,1-3H3. The number of nitrogens with zero attached hydrogens (tertiary/aromatic N) is 6. The molecule has 3 aliphatic rings. The van der Waals surface area contributed by atoms with E-state index in [-0.39, 0.29) is 0 Å². The normalized spacial score (nSPS) is 24.3. The van der Waals surface area contributed by atoms with Crippen LogP contribution in [0.15, 0.2) is 6.07 Å². The molecule has 5 rings (SSSR count). The summed E-state index contributed by atoms with van der Waals surface area (Å²) >= 11 is 0. The van der Waals surface area contributed by atoms with Gasteiger partial charge in [0.2, 0.25) is 5.95 Å². The minimum Gasteiger partial charge on any atom is -0.356 e. The maximum Gasteiger partial charge on any atom is 0.225 e. The van der Waals surface area contributed by atoms with E-state index in [0.29, 0.717) is 11.8 Å². The Morgan fingerprint density at radius 1 is 0.808 bits per heavy atom. The van der Waals surface area contributed by atoms with Crippen LogP contribution in [0.3, 0.4) is 0 Å². The van der Waals surface area contributed by atoms with Crippen molar-refractivity contribution in [3.05, 3.63) is 34.5 Å². The van der Waals surface area contributed by atoms with Crippen molar-refractivity contribution in [1.29, 1.82) is 0 Å². The van der Waals surface area contributed by atoms with Gasteiger partial charge < -0.3 is 9.80 Å². The molecule has 4 heterocycles. The summed E-state index contributed by atoms with van der Waals surface area (Å²) < 4.78 is 0. The lowest BCUT2D eigenvalue weighted by molar-refractivity contribution is 0.533. The minimum atomic E-state index is 0.673. The van der Waals surface area contributed by atoms with Gasteiger partial charge in [-0.3, -0.25) is 0 Å². The molecule has 136 valence electrons. The number of aryl methyl sites for hydroxylation is 4. The Balaban J connectivity index is 1.35. The minimum absolute atomic E-state index is 0.673. The van der Waals surface area contributed by atoms with E-state index in [2.05, 4.69) is 38.6 Å². The van der Waals surface area contributed by atoms with Crippen LogP contribution in [0.4, 0.5) is 11.8 Å². The number of anilines is 2. The summed E-state index contributed by atoms with van der Waals surface area (Å²) in [5.74, 6) is 4.39. The summed E-state index contributed by atoms with van der Waals surface area (Å²) in [6.45, 7) is 10.4. The molecule has 2 aliphatic heterocycles. The van der Waals surface area contributed by atoms with Gasteiger partial charge in [0.25, 0.3) is 0 Å². The second-order valence-electron chi connectivity index (χ2n) is 8.15. The van der Waals surface area contributed by atoms with Crippen LogP contribution in [0.1, 0.15) is 34.9 Å². The molecular weight excluding hydrogens is 324 g/mol. The lowest BCUT2D eigenvalue weighted by atomic mass is 10.0. The number of hydrogen-bond acceptors (Lipinski definition) is 6. The van der Waals surface area contributed by atoms with Crippen molar-refractivity contribution < 1.29 is 0 Å². The molecule has 0 amide bonds. The van der Waals surface area contributed by atoms with Crippen LogP contribution in [-0.4, -0.2) is 46.1 Å². The van der Waals surface area contributed by atoms with Crippen LogP contribution < -0.4 is 9.80 Å². The van der Waals surface area contributed by atoms with Gasteiger partial charge in [-0.25, -0.2) is 19.9 Å². The number of aromatic nitrogens is 4. The van der Waals surface area contributed by atoms with Gasteiger partial charge in [-0.15, -0.1) is 0 Å². The monoisotopic (exact) mass is 350 g/mol.